The third kappa shape index (κ3) is 4.23. The second-order valence-electron chi connectivity index (χ2n) is 6.37. The summed E-state index contributed by atoms with van der Waals surface area (Å²) in [6.07, 6.45) is -4.64. The zero-order valence-corrected chi connectivity index (χ0v) is 16.1. The maximum atomic E-state index is 12.9. The summed E-state index contributed by atoms with van der Waals surface area (Å²) in [5.41, 5.74) is 1.07. The van der Waals surface area contributed by atoms with E-state index in [0.717, 1.165) is 23.4 Å². The highest BCUT2D eigenvalue weighted by Gasteiger charge is 2.35. The normalized spacial score (nSPS) is 16.6. The molecule has 0 spiro atoms. The van der Waals surface area contributed by atoms with Gasteiger partial charge in [-0.05, 0) is 37.3 Å². The van der Waals surface area contributed by atoms with Crippen LogP contribution in [-0.4, -0.2) is 38.9 Å². The monoisotopic (exact) mass is 418 g/mol. The zero-order chi connectivity index (χ0) is 19.8. The van der Waals surface area contributed by atoms with Gasteiger partial charge in [-0.25, -0.2) is 8.42 Å². The van der Waals surface area contributed by atoms with Crippen LogP contribution in [0.2, 0.25) is 5.02 Å². The highest BCUT2D eigenvalue weighted by molar-refractivity contribution is 7.89. The maximum Gasteiger partial charge on any atom is 0.416 e. The van der Waals surface area contributed by atoms with E-state index in [1.54, 1.807) is 0 Å². The van der Waals surface area contributed by atoms with E-state index < -0.39 is 26.7 Å². The molecule has 4 nitrogen and oxygen atoms in total. The van der Waals surface area contributed by atoms with Gasteiger partial charge in [0.15, 0.2) is 0 Å². The molecule has 1 aliphatic rings. The first-order valence-electron chi connectivity index (χ1n) is 8.27. The van der Waals surface area contributed by atoms with Crippen molar-refractivity contribution in [3.8, 4) is 0 Å². The Labute approximate surface area is 161 Å². The Morgan fingerprint density at radius 1 is 0.963 bits per heavy atom. The van der Waals surface area contributed by atoms with Crippen LogP contribution in [0, 0.1) is 6.92 Å². The predicted octanol–water partition coefficient (Wildman–Crippen LogP) is 4.18. The Balaban J connectivity index is 1.80. The summed E-state index contributed by atoms with van der Waals surface area (Å²) in [5, 5.41) is -0.219. The maximum absolute atomic E-state index is 12.9. The number of benzene rings is 2. The number of halogens is 4. The number of hydrogen-bond acceptors (Lipinski definition) is 3. The minimum absolute atomic E-state index is 0.169. The molecule has 0 amide bonds. The van der Waals surface area contributed by atoms with Crippen molar-refractivity contribution in [1.82, 2.24) is 4.31 Å². The van der Waals surface area contributed by atoms with Crippen LogP contribution in [0.25, 0.3) is 0 Å². The van der Waals surface area contributed by atoms with Crippen molar-refractivity contribution in [1.29, 1.82) is 0 Å². The van der Waals surface area contributed by atoms with Crippen LogP contribution >= 0.6 is 11.6 Å². The van der Waals surface area contributed by atoms with Crippen LogP contribution < -0.4 is 4.90 Å². The molecule has 0 aromatic heterocycles. The SMILES string of the molecule is Cc1ccc(N2CCN(S(=O)(=O)c3cc(C(F)(F)F)ccc3Cl)CC2)cc1. The van der Waals surface area contributed by atoms with Crippen molar-refractivity contribution in [2.75, 3.05) is 31.1 Å². The van der Waals surface area contributed by atoms with Gasteiger partial charge in [0, 0.05) is 31.9 Å². The van der Waals surface area contributed by atoms with E-state index in [0.29, 0.717) is 19.2 Å². The Bertz CT molecular complexity index is 923. The van der Waals surface area contributed by atoms with Crippen LogP contribution in [0.5, 0.6) is 0 Å². The molecule has 0 atom stereocenters. The van der Waals surface area contributed by atoms with E-state index in [-0.39, 0.29) is 18.1 Å². The van der Waals surface area contributed by atoms with E-state index in [1.807, 2.05) is 36.1 Å². The predicted molar refractivity (Wildman–Crippen MR) is 98.6 cm³/mol. The molecule has 1 heterocycles. The van der Waals surface area contributed by atoms with Crippen molar-refractivity contribution in [2.45, 2.75) is 18.0 Å². The first kappa shape index (κ1) is 20.0. The van der Waals surface area contributed by atoms with Gasteiger partial charge in [0.05, 0.1) is 10.6 Å². The number of alkyl halides is 3. The van der Waals surface area contributed by atoms with Gasteiger partial charge in [0.2, 0.25) is 10.0 Å². The molecule has 0 radical (unpaired) electrons. The van der Waals surface area contributed by atoms with E-state index in [1.165, 1.54) is 4.31 Å². The molecule has 0 aliphatic carbocycles. The quantitative estimate of drug-likeness (QED) is 0.750. The fourth-order valence-electron chi connectivity index (χ4n) is 2.96. The molecule has 0 bridgehead atoms. The van der Waals surface area contributed by atoms with Gasteiger partial charge in [-0.15, -0.1) is 0 Å². The van der Waals surface area contributed by atoms with E-state index in [4.69, 9.17) is 11.6 Å². The third-order valence-corrected chi connectivity index (χ3v) is 6.89. The van der Waals surface area contributed by atoms with Gasteiger partial charge >= 0.3 is 6.18 Å². The number of nitrogens with zero attached hydrogens (tertiary/aromatic N) is 2. The average Bonchev–Trinajstić information content (AvgIpc) is 2.61. The van der Waals surface area contributed by atoms with Crippen molar-refractivity contribution in [3.63, 3.8) is 0 Å². The van der Waals surface area contributed by atoms with Crippen molar-refractivity contribution in [2.24, 2.45) is 0 Å². The molecule has 2 aromatic rings. The molecule has 0 saturated carbocycles. The number of aryl methyl sites for hydroxylation is 1. The van der Waals surface area contributed by atoms with Gasteiger partial charge in [-0.3, -0.25) is 0 Å². The van der Waals surface area contributed by atoms with Gasteiger partial charge in [-0.1, -0.05) is 29.3 Å². The first-order valence-corrected chi connectivity index (χ1v) is 10.1. The molecular weight excluding hydrogens is 401 g/mol. The second kappa shape index (κ2) is 7.33. The second-order valence-corrected chi connectivity index (χ2v) is 8.68. The molecule has 27 heavy (non-hydrogen) atoms. The molecule has 1 saturated heterocycles. The fourth-order valence-corrected chi connectivity index (χ4v) is 4.88. The number of sulfonamides is 1. The highest BCUT2D eigenvalue weighted by Crippen LogP contribution is 2.34. The van der Waals surface area contributed by atoms with E-state index in [9.17, 15) is 21.6 Å². The van der Waals surface area contributed by atoms with Gasteiger partial charge in [-0.2, -0.15) is 17.5 Å². The molecule has 0 N–H and O–H groups in total. The summed E-state index contributed by atoms with van der Waals surface area (Å²) >= 11 is 5.91. The lowest BCUT2D eigenvalue weighted by atomic mass is 10.2. The molecular formula is C18H18ClF3N2O2S. The molecule has 2 aromatic carbocycles. The molecule has 3 rings (SSSR count). The van der Waals surface area contributed by atoms with E-state index >= 15 is 0 Å². The van der Waals surface area contributed by atoms with Crippen molar-refractivity contribution in [3.05, 3.63) is 58.6 Å². The topological polar surface area (TPSA) is 40.6 Å². The average molecular weight is 419 g/mol. The molecule has 1 fully saturated rings. The van der Waals surface area contributed by atoms with Gasteiger partial charge < -0.3 is 4.90 Å². The van der Waals surface area contributed by atoms with Crippen LogP contribution in [0.15, 0.2) is 47.4 Å². The summed E-state index contributed by atoms with van der Waals surface area (Å²) in [6.45, 7) is 3.20. The van der Waals surface area contributed by atoms with Gasteiger partial charge in [0.25, 0.3) is 0 Å². The number of anilines is 1. The summed E-state index contributed by atoms with van der Waals surface area (Å²) in [5.74, 6) is 0. The molecule has 9 heteroatoms. The summed E-state index contributed by atoms with van der Waals surface area (Å²) < 4.78 is 65.7. The summed E-state index contributed by atoms with van der Waals surface area (Å²) in [4.78, 5) is 1.53. The fraction of sp³-hybridized carbons (Fsp3) is 0.333. The number of rotatable bonds is 3. The van der Waals surface area contributed by atoms with E-state index in [2.05, 4.69) is 0 Å². The molecule has 146 valence electrons. The van der Waals surface area contributed by atoms with Crippen LogP contribution in [0.3, 0.4) is 0 Å². The largest absolute Gasteiger partial charge is 0.416 e. The lowest BCUT2D eigenvalue weighted by Crippen LogP contribution is -2.48. The summed E-state index contributed by atoms with van der Waals surface area (Å²) in [7, 11) is -4.11. The Morgan fingerprint density at radius 2 is 1.56 bits per heavy atom. The van der Waals surface area contributed by atoms with Crippen LogP contribution in [0.1, 0.15) is 11.1 Å². The molecule has 1 aliphatic heterocycles. The Morgan fingerprint density at radius 3 is 2.11 bits per heavy atom. The first-order chi connectivity index (χ1) is 12.6. The number of hydrogen-bond donors (Lipinski definition) is 0. The lowest BCUT2D eigenvalue weighted by Gasteiger charge is -2.35. The molecule has 0 unspecified atom stereocenters. The minimum atomic E-state index is -4.64. The highest BCUT2D eigenvalue weighted by atomic mass is 35.5. The Hall–Kier alpha value is -1.77. The third-order valence-electron chi connectivity index (χ3n) is 4.51. The summed E-state index contributed by atoms with van der Waals surface area (Å²) in [6, 6.07) is 10.2. The minimum Gasteiger partial charge on any atom is -0.369 e. The van der Waals surface area contributed by atoms with Crippen molar-refractivity contribution >= 4 is 27.3 Å². The van der Waals surface area contributed by atoms with Crippen LogP contribution in [-0.2, 0) is 16.2 Å². The smallest absolute Gasteiger partial charge is 0.369 e. The number of piperazine rings is 1. The standard InChI is InChI=1S/C18H18ClF3N2O2S/c1-13-2-5-15(6-3-13)23-8-10-24(11-9-23)27(25,26)17-12-14(18(20,21)22)4-7-16(17)19/h2-7,12H,8-11H2,1H3. The lowest BCUT2D eigenvalue weighted by molar-refractivity contribution is -0.137. The van der Waals surface area contributed by atoms with Crippen molar-refractivity contribution < 1.29 is 21.6 Å². The van der Waals surface area contributed by atoms with Gasteiger partial charge in [0.1, 0.15) is 4.90 Å². The Kier molecular flexibility index (Phi) is 5.42. The zero-order valence-electron chi connectivity index (χ0n) is 14.5. The van der Waals surface area contributed by atoms with Crippen LogP contribution in [0.4, 0.5) is 18.9 Å².